The van der Waals surface area contributed by atoms with E-state index in [-0.39, 0.29) is 21.9 Å². The van der Waals surface area contributed by atoms with E-state index in [1.54, 1.807) is 18.0 Å². The lowest BCUT2D eigenvalue weighted by molar-refractivity contribution is 0.0620. The van der Waals surface area contributed by atoms with Gasteiger partial charge < -0.3 is 4.90 Å². The van der Waals surface area contributed by atoms with Gasteiger partial charge in [-0.2, -0.15) is 0 Å². The third kappa shape index (κ3) is 3.74. The third-order valence-electron chi connectivity index (χ3n) is 3.52. The molecule has 1 amide bonds. The summed E-state index contributed by atoms with van der Waals surface area (Å²) in [6, 6.07) is 4.37. The van der Waals surface area contributed by atoms with E-state index in [0.29, 0.717) is 4.47 Å². The molecular weight excluding hydrogens is 366 g/mol. The van der Waals surface area contributed by atoms with Crippen molar-refractivity contribution < 1.29 is 13.2 Å². The SMILES string of the molecule is CCC(C)(C)N(C)C(=O)c1ccc(Br)c(S(=O)(=O)Cl)c1. The second-order valence-corrected chi connectivity index (χ2v) is 8.50. The van der Waals surface area contributed by atoms with Gasteiger partial charge in [0.1, 0.15) is 0 Å². The lowest BCUT2D eigenvalue weighted by Crippen LogP contribution is -2.44. The molecule has 0 fully saturated rings. The van der Waals surface area contributed by atoms with E-state index < -0.39 is 9.05 Å². The van der Waals surface area contributed by atoms with E-state index >= 15 is 0 Å². The second kappa shape index (κ2) is 6.03. The quantitative estimate of drug-likeness (QED) is 0.747. The number of benzene rings is 1. The largest absolute Gasteiger partial charge is 0.337 e. The molecule has 0 spiro atoms. The molecule has 1 aromatic carbocycles. The number of hydrogen-bond acceptors (Lipinski definition) is 3. The van der Waals surface area contributed by atoms with Gasteiger partial charge in [0.15, 0.2) is 0 Å². The average Bonchev–Trinajstić information content (AvgIpc) is 2.36. The fraction of sp³-hybridized carbons (Fsp3) is 0.462. The molecule has 0 N–H and O–H groups in total. The van der Waals surface area contributed by atoms with Crippen LogP contribution in [0.5, 0.6) is 0 Å². The zero-order valence-corrected chi connectivity index (χ0v) is 14.9. The number of carbonyl (C=O) groups is 1. The molecule has 0 heterocycles. The summed E-state index contributed by atoms with van der Waals surface area (Å²) in [6.07, 6.45) is 0.784. The topological polar surface area (TPSA) is 54.5 Å². The summed E-state index contributed by atoms with van der Waals surface area (Å²) >= 11 is 3.12. The molecule has 0 aliphatic rings. The highest BCUT2D eigenvalue weighted by molar-refractivity contribution is 9.10. The lowest BCUT2D eigenvalue weighted by Gasteiger charge is -2.35. The molecule has 0 saturated heterocycles. The van der Waals surface area contributed by atoms with E-state index in [0.717, 1.165) is 6.42 Å². The van der Waals surface area contributed by atoms with E-state index in [1.807, 2.05) is 20.8 Å². The summed E-state index contributed by atoms with van der Waals surface area (Å²) < 4.78 is 23.3. The van der Waals surface area contributed by atoms with Crippen LogP contribution in [-0.4, -0.2) is 31.8 Å². The predicted molar refractivity (Wildman–Crippen MR) is 83.6 cm³/mol. The van der Waals surface area contributed by atoms with Crippen LogP contribution < -0.4 is 0 Å². The molecule has 0 aliphatic heterocycles. The number of amides is 1. The predicted octanol–water partition coefficient (Wildman–Crippen LogP) is 3.64. The first-order valence-corrected chi connectivity index (χ1v) is 9.13. The van der Waals surface area contributed by atoms with Gasteiger partial charge in [-0.15, -0.1) is 0 Å². The average molecular weight is 383 g/mol. The molecule has 1 aromatic rings. The molecule has 0 saturated carbocycles. The molecule has 0 radical (unpaired) electrons. The van der Waals surface area contributed by atoms with Crippen LogP contribution in [0.25, 0.3) is 0 Å². The van der Waals surface area contributed by atoms with Gasteiger partial charge >= 0.3 is 0 Å². The number of hydrogen-bond donors (Lipinski definition) is 0. The fourth-order valence-corrected chi connectivity index (χ4v) is 3.65. The molecule has 1 rings (SSSR count). The van der Waals surface area contributed by atoms with Crippen molar-refractivity contribution >= 4 is 41.6 Å². The van der Waals surface area contributed by atoms with E-state index in [4.69, 9.17) is 10.7 Å². The number of carbonyl (C=O) groups excluding carboxylic acids is 1. The highest BCUT2D eigenvalue weighted by Crippen LogP contribution is 2.27. The van der Waals surface area contributed by atoms with Crippen LogP contribution in [0.1, 0.15) is 37.6 Å². The Bertz CT molecular complexity index is 629. The van der Waals surface area contributed by atoms with Crippen molar-refractivity contribution in [2.24, 2.45) is 0 Å². The molecule has 20 heavy (non-hydrogen) atoms. The van der Waals surface area contributed by atoms with Crippen molar-refractivity contribution in [3.05, 3.63) is 28.2 Å². The Morgan fingerprint density at radius 1 is 1.40 bits per heavy atom. The molecule has 0 bridgehead atoms. The van der Waals surface area contributed by atoms with Crippen LogP contribution in [0.2, 0.25) is 0 Å². The standard InChI is InChI=1S/C13H17BrClNO3S/c1-5-13(2,3)16(4)12(17)9-6-7-10(14)11(8-9)20(15,18)19/h6-8H,5H2,1-4H3. The molecule has 0 aliphatic carbocycles. The Morgan fingerprint density at radius 2 is 1.95 bits per heavy atom. The van der Waals surface area contributed by atoms with Gasteiger partial charge in [-0.1, -0.05) is 6.92 Å². The number of rotatable bonds is 4. The van der Waals surface area contributed by atoms with Gasteiger partial charge in [0.25, 0.3) is 15.0 Å². The van der Waals surface area contributed by atoms with E-state index in [2.05, 4.69) is 15.9 Å². The molecule has 0 aromatic heterocycles. The Kier molecular flexibility index (Phi) is 5.27. The first-order chi connectivity index (χ1) is 9.00. The van der Waals surface area contributed by atoms with Crippen molar-refractivity contribution in [1.29, 1.82) is 0 Å². The minimum absolute atomic E-state index is 0.104. The second-order valence-electron chi connectivity index (χ2n) is 5.11. The minimum atomic E-state index is -3.90. The maximum atomic E-state index is 12.4. The Hall–Kier alpha value is -0.590. The van der Waals surface area contributed by atoms with Gasteiger partial charge in [0, 0.05) is 33.3 Å². The summed E-state index contributed by atoms with van der Waals surface area (Å²) in [5.41, 5.74) is -0.0269. The first-order valence-electron chi connectivity index (χ1n) is 6.03. The minimum Gasteiger partial charge on any atom is -0.337 e. The van der Waals surface area contributed by atoms with Crippen molar-refractivity contribution in [3.8, 4) is 0 Å². The summed E-state index contributed by atoms with van der Waals surface area (Å²) in [4.78, 5) is 13.9. The highest BCUT2D eigenvalue weighted by atomic mass is 79.9. The van der Waals surface area contributed by atoms with Crippen molar-refractivity contribution in [2.45, 2.75) is 37.6 Å². The normalized spacial score (nSPS) is 12.3. The van der Waals surface area contributed by atoms with E-state index in [9.17, 15) is 13.2 Å². The van der Waals surface area contributed by atoms with Crippen LogP contribution in [0.15, 0.2) is 27.6 Å². The number of nitrogens with zero attached hydrogens (tertiary/aromatic N) is 1. The summed E-state index contributed by atoms with van der Waals surface area (Å²) in [6.45, 7) is 5.88. The van der Waals surface area contributed by atoms with E-state index in [1.165, 1.54) is 12.1 Å². The maximum Gasteiger partial charge on any atom is 0.262 e. The van der Waals surface area contributed by atoms with Crippen LogP contribution >= 0.6 is 26.6 Å². The lowest BCUT2D eigenvalue weighted by atomic mass is 9.99. The molecule has 0 atom stereocenters. The monoisotopic (exact) mass is 381 g/mol. The zero-order chi connectivity index (χ0) is 15.7. The molecule has 112 valence electrons. The summed E-state index contributed by atoms with van der Waals surface area (Å²) in [5.74, 6) is -0.245. The summed E-state index contributed by atoms with van der Waals surface area (Å²) in [5, 5.41) is 0. The molecule has 7 heteroatoms. The van der Waals surface area contributed by atoms with Gasteiger partial charge in [0.2, 0.25) is 0 Å². The first kappa shape index (κ1) is 17.5. The van der Waals surface area contributed by atoms with Crippen LogP contribution in [0, 0.1) is 0 Å². The fourth-order valence-electron chi connectivity index (χ4n) is 1.53. The van der Waals surface area contributed by atoms with Gasteiger partial charge in [-0.05, 0) is 54.4 Å². The smallest absolute Gasteiger partial charge is 0.262 e. The van der Waals surface area contributed by atoms with Crippen LogP contribution in [0.4, 0.5) is 0 Å². The molecular formula is C13H17BrClNO3S. The van der Waals surface area contributed by atoms with Crippen molar-refractivity contribution in [2.75, 3.05) is 7.05 Å². The van der Waals surface area contributed by atoms with Crippen LogP contribution in [0.3, 0.4) is 0 Å². The zero-order valence-electron chi connectivity index (χ0n) is 11.8. The molecule has 0 unspecified atom stereocenters. The van der Waals surface area contributed by atoms with Gasteiger partial charge in [-0.25, -0.2) is 8.42 Å². The summed E-state index contributed by atoms with van der Waals surface area (Å²) in [7, 11) is 3.15. The Labute approximate surface area is 132 Å². The van der Waals surface area contributed by atoms with Gasteiger partial charge in [0.05, 0.1) is 4.90 Å². The van der Waals surface area contributed by atoms with Crippen molar-refractivity contribution in [1.82, 2.24) is 4.90 Å². The Balaban J connectivity index is 3.26. The maximum absolute atomic E-state index is 12.4. The third-order valence-corrected chi connectivity index (χ3v) is 5.83. The van der Waals surface area contributed by atoms with Crippen molar-refractivity contribution in [3.63, 3.8) is 0 Å². The molecule has 4 nitrogen and oxygen atoms in total. The van der Waals surface area contributed by atoms with Crippen LogP contribution in [-0.2, 0) is 9.05 Å². The number of halogens is 2. The highest BCUT2D eigenvalue weighted by Gasteiger charge is 2.27. The Morgan fingerprint density at radius 3 is 2.40 bits per heavy atom. The van der Waals surface area contributed by atoms with Gasteiger partial charge in [-0.3, -0.25) is 4.79 Å².